The molecule has 0 aromatic carbocycles. The Morgan fingerprint density at radius 3 is 1.66 bits per heavy atom. The standard InChI is InChI=1S/C39H71NO7/c1-6-8-10-12-13-14-15-16-17-18-19-20-21-22-23-24-26-28-30-38(42)47-35(34-46-37(41)29-27-25-11-9-7-2)33-45-32-31-36(39(43)44)40(3,4)5/h14-15,17-18,35-36H,6-13,16,19-34H2,1-5H3/b15-14-,18-17-. The van der Waals surface area contributed by atoms with Crippen molar-refractivity contribution in [2.75, 3.05) is 41.0 Å². The molecule has 0 aliphatic carbocycles. The van der Waals surface area contributed by atoms with E-state index in [9.17, 15) is 19.5 Å². The number of carbonyl (C=O) groups excluding carboxylic acids is 3. The van der Waals surface area contributed by atoms with Gasteiger partial charge in [0.15, 0.2) is 6.10 Å². The first-order valence-electron chi connectivity index (χ1n) is 18.9. The van der Waals surface area contributed by atoms with Crippen LogP contribution >= 0.6 is 0 Å². The molecule has 0 fully saturated rings. The van der Waals surface area contributed by atoms with Crippen LogP contribution in [-0.2, 0) is 28.6 Å². The number of ether oxygens (including phenoxy) is 3. The SMILES string of the molecule is CCCCCC/C=C\C/C=C\CCCCCCCCCC(=O)OC(COCCC(C(=O)[O-])[N+](C)(C)C)COC(=O)CCCCCCC. The van der Waals surface area contributed by atoms with E-state index in [0.29, 0.717) is 12.8 Å². The topological polar surface area (TPSA) is 102 Å². The van der Waals surface area contributed by atoms with Crippen molar-refractivity contribution in [1.82, 2.24) is 0 Å². The minimum Gasteiger partial charge on any atom is -0.544 e. The molecule has 0 amide bonds. The number of hydrogen-bond donors (Lipinski definition) is 0. The summed E-state index contributed by atoms with van der Waals surface area (Å²) in [5, 5.41) is 11.5. The molecular weight excluding hydrogens is 594 g/mol. The molecule has 2 atom stereocenters. The summed E-state index contributed by atoms with van der Waals surface area (Å²) >= 11 is 0. The van der Waals surface area contributed by atoms with Crippen LogP contribution in [0.1, 0.15) is 155 Å². The Kier molecular flexibility index (Phi) is 29.7. The number of hydrogen-bond acceptors (Lipinski definition) is 7. The molecule has 0 aliphatic rings. The van der Waals surface area contributed by atoms with Crippen LogP contribution in [0.15, 0.2) is 24.3 Å². The summed E-state index contributed by atoms with van der Waals surface area (Å²) in [6.45, 7) is 4.54. The number of aliphatic carboxylic acids is 1. The summed E-state index contributed by atoms with van der Waals surface area (Å²) in [4.78, 5) is 36.4. The number of unbranched alkanes of at least 4 members (excludes halogenated alkanes) is 15. The van der Waals surface area contributed by atoms with E-state index in [1.54, 1.807) is 21.1 Å². The average Bonchev–Trinajstić information content (AvgIpc) is 3.01. The second kappa shape index (κ2) is 31.1. The van der Waals surface area contributed by atoms with Crippen molar-refractivity contribution >= 4 is 17.9 Å². The van der Waals surface area contributed by atoms with Gasteiger partial charge in [0.1, 0.15) is 12.6 Å². The van der Waals surface area contributed by atoms with E-state index in [1.807, 2.05) is 0 Å². The summed E-state index contributed by atoms with van der Waals surface area (Å²) in [5.74, 6) is -1.76. The van der Waals surface area contributed by atoms with Gasteiger partial charge < -0.3 is 28.6 Å². The van der Waals surface area contributed by atoms with Gasteiger partial charge in [-0.2, -0.15) is 0 Å². The smallest absolute Gasteiger partial charge is 0.306 e. The fourth-order valence-electron chi connectivity index (χ4n) is 5.33. The number of carboxylic acid groups (broad SMARTS) is 1. The maximum atomic E-state index is 12.6. The molecular formula is C39H71NO7. The first-order valence-corrected chi connectivity index (χ1v) is 18.9. The van der Waals surface area contributed by atoms with Crippen LogP contribution in [0.3, 0.4) is 0 Å². The quantitative estimate of drug-likeness (QED) is 0.0303. The lowest BCUT2D eigenvalue weighted by Crippen LogP contribution is -2.55. The molecule has 0 rings (SSSR count). The van der Waals surface area contributed by atoms with Crippen molar-refractivity contribution in [2.24, 2.45) is 0 Å². The lowest BCUT2D eigenvalue weighted by molar-refractivity contribution is -0.889. The van der Waals surface area contributed by atoms with Crippen molar-refractivity contribution in [1.29, 1.82) is 0 Å². The Bertz CT molecular complexity index is 834. The molecule has 0 saturated heterocycles. The monoisotopic (exact) mass is 666 g/mol. The van der Waals surface area contributed by atoms with E-state index >= 15 is 0 Å². The summed E-state index contributed by atoms with van der Waals surface area (Å²) in [5.41, 5.74) is 0. The first-order chi connectivity index (χ1) is 22.6. The highest BCUT2D eigenvalue weighted by molar-refractivity contribution is 5.70. The third-order valence-corrected chi connectivity index (χ3v) is 8.34. The highest BCUT2D eigenvalue weighted by atomic mass is 16.6. The van der Waals surface area contributed by atoms with E-state index in [-0.39, 0.29) is 42.7 Å². The van der Waals surface area contributed by atoms with Crippen molar-refractivity contribution in [3.8, 4) is 0 Å². The number of carbonyl (C=O) groups is 3. The van der Waals surface area contributed by atoms with Gasteiger partial charge in [-0.25, -0.2) is 0 Å². The maximum Gasteiger partial charge on any atom is 0.306 e. The summed E-state index contributed by atoms with van der Waals surface area (Å²) in [7, 11) is 5.38. The van der Waals surface area contributed by atoms with E-state index in [2.05, 4.69) is 38.2 Å². The van der Waals surface area contributed by atoms with Crippen molar-refractivity contribution in [2.45, 2.75) is 167 Å². The second-order valence-electron chi connectivity index (χ2n) is 13.8. The molecule has 0 bridgehead atoms. The number of carboxylic acids is 1. The number of rotatable bonds is 33. The van der Waals surface area contributed by atoms with Gasteiger partial charge in [-0.05, 0) is 44.9 Å². The molecule has 2 unspecified atom stereocenters. The van der Waals surface area contributed by atoms with E-state index in [0.717, 1.165) is 64.2 Å². The van der Waals surface area contributed by atoms with Crippen LogP contribution in [0.2, 0.25) is 0 Å². The lowest BCUT2D eigenvalue weighted by Gasteiger charge is -2.34. The average molecular weight is 666 g/mol. The molecule has 0 radical (unpaired) electrons. The second-order valence-corrected chi connectivity index (χ2v) is 13.8. The number of esters is 2. The number of nitrogens with zero attached hydrogens (tertiary/aromatic N) is 1. The third kappa shape index (κ3) is 29.7. The van der Waals surface area contributed by atoms with Gasteiger partial charge in [0.2, 0.25) is 0 Å². The molecule has 0 aromatic heterocycles. The summed E-state index contributed by atoms with van der Waals surface area (Å²) in [6.07, 6.45) is 30.9. The Balaban J connectivity index is 4.28. The number of allylic oxidation sites excluding steroid dienone is 4. The van der Waals surface area contributed by atoms with E-state index in [1.165, 1.54) is 57.8 Å². The van der Waals surface area contributed by atoms with Crippen molar-refractivity contribution < 1.29 is 38.2 Å². The molecule has 8 nitrogen and oxygen atoms in total. The number of quaternary nitrogens is 1. The van der Waals surface area contributed by atoms with Gasteiger partial charge in [0.05, 0.1) is 40.3 Å². The molecule has 0 aromatic rings. The van der Waals surface area contributed by atoms with E-state index < -0.39 is 18.1 Å². The van der Waals surface area contributed by atoms with Crippen LogP contribution in [0.25, 0.3) is 0 Å². The van der Waals surface area contributed by atoms with Gasteiger partial charge in [-0.15, -0.1) is 0 Å². The van der Waals surface area contributed by atoms with Crippen molar-refractivity contribution in [3.63, 3.8) is 0 Å². The molecule has 0 aliphatic heterocycles. The number of likely N-dealkylation sites (N-methyl/N-ethyl adjacent to an activating group) is 1. The van der Waals surface area contributed by atoms with Gasteiger partial charge in [-0.3, -0.25) is 9.59 Å². The van der Waals surface area contributed by atoms with Crippen LogP contribution in [0.5, 0.6) is 0 Å². The van der Waals surface area contributed by atoms with Gasteiger partial charge in [-0.1, -0.05) is 115 Å². The molecule has 274 valence electrons. The highest BCUT2D eigenvalue weighted by Gasteiger charge is 2.25. The van der Waals surface area contributed by atoms with E-state index in [4.69, 9.17) is 14.2 Å². The maximum absolute atomic E-state index is 12.6. The molecule has 0 saturated carbocycles. The minimum atomic E-state index is -1.13. The van der Waals surface area contributed by atoms with Crippen molar-refractivity contribution in [3.05, 3.63) is 24.3 Å². The normalized spacial score (nSPS) is 13.3. The minimum absolute atomic E-state index is 0.0391. The largest absolute Gasteiger partial charge is 0.544 e. The molecule has 0 spiro atoms. The fraction of sp³-hybridized carbons (Fsp3) is 0.821. The predicted octanol–water partition coefficient (Wildman–Crippen LogP) is 8.02. The van der Waals surface area contributed by atoms with Gasteiger partial charge in [0, 0.05) is 19.3 Å². The molecule has 47 heavy (non-hydrogen) atoms. The lowest BCUT2D eigenvalue weighted by atomic mass is 10.1. The zero-order valence-electron chi connectivity index (χ0n) is 30.9. The third-order valence-electron chi connectivity index (χ3n) is 8.34. The zero-order chi connectivity index (χ0) is 35.0. The Labute approximate surface area is 288 Å². The molecule has 8 heteroatoms. The summed E-state index contributed by atoms with van der Waals surface area (Å²) < 4.78 is 17.0. The first kappa shape index (κ1) is 44.8. The van der Waals surface area contributed by atoms with Crippen LogP contribution in [0, 0.1) is 0 Å². The highest BCUT2D eigenvalue weighted by Crippen LogP contribution is 2.13. The molecule has 0 heterocycles. The predicted molar refractivity (Wildman–Crippen MR) is 190 cm³/mol. The van der Waals surface area contributed by atoms with Crippen LogP contribution in [-0.4, -0.2) is 75.5 Å². The zero-order valence-corrected chi connectivity index (χ0v) is 30.9. The van der Waals surface area contributed by atoms with Crippen LogP contribution in [0.4, 0.5) is 0 Å². The Hall–Kier alpha value is -2.19. The Morgan fingerprint density at radius 1 is 0.638 bits per heavy atom. The summed E-state index contributed by atoms with van der Waals surface area (Å²) in [6, 6.07) is -0.722. The van der Waals surface area contributed by atoms with Crippen LogP contribution < -0.4 is 5.11 Å². The fourth-order valence-corrected chi connectivity index (χ4v) is 5.33. The Morgan fingerprint density at radius 2 is 1.13 bits per heavy atom. The van der Waals surface area contributed by atoms with Gasteiger partial charge >= 0.3 is 11.9 Å². The van der Waals surface area contributed by atoms with Gasteiger partial charge in [0.25, 0.3) is 0 Å². The molecule has 0 N–H and O–H groups in total.